The van der Waals surface area contributed by atoms with Crippen molar-refractivity contribution in [3.63, 3.8) is 0 Å². The Morgan fingerprint density at radius 3 is 2.85 bits per heavy atom. The van der Waals surface area contributed by atoms with Crippen LogP contribution < -0.4 is 16.0 Å². The van der Waals surface area contributed by atoms with E-state index < -0.39 is 0 Å². The van der Waals surface area contributed by atoms with Crippen LogP contribution in [-0.4, -0.2) is 42.4 Å². The molecule has 2 aromatic rings. The van der Waals surface area contributed by atoms with Gasteiger partial charge >= 0.3 is 0 Å². The molecule has 0 unspecified atom stereocenters. The Bertz CT molecular complexity index is 880. The quantitative estimate of drug-likeness (QED) is 0.779. The molecule has 27 heavy (non-hydrogen) atoms. The van der Waals surface area contributed by atoms with Crippen molar-refractivity contribution in [1.82, 2.24) is 10.2 Å². The van der Waals surface area contributed by atoms with Gasteiger partial charge in [0.15, 0.2) is 0 Å². The van der Waals surface area contributed by atoms with Crippen LogP contribution in [-0.2, 0) is 0 Å². The standard InChI is InChI=1S/C21H24N4O2/c1-2-25-11-5-6-15(25)13-22-20(26)14-9-10-18-19(12-14)24-21(27)16-7-3-4-8-17(16)23-18/h3-4,7-10,12,15,23H,2,5-6,11,13H2,1H3,(H,22,26)(H,24,27)/t15-/m0/s1. The number of hydrogen-bond donors (Lipinski definition) is 3. The highest BCUT2D eigenvalue weighted by atomic mass is 16.2. The molecule has 4 rings (SSSR count). The molecule has 3 N–H and O–H groups in total. The number of para-hydroxylation sites is 1. The molecule has 0 spiro atoms. The third kappa shape index (κ3) is 3.53. The van der Waals surface area contributed by atoms with Crippen molar-refractivity contribution in [2.24, 2.45) is 0 Å². The normalized spacial score (nSPS) is 18.7. The maximum atomic E-state index is 12.6. The molecular weight excluding hydrogens is 340 g/mol. The molecule has 2 aromatic carbocycles. The summed E-state index contributed by atoms with van der Waals surface area (Å²) in [4.78, 5) is 27.5. The number of likely N-dealkylation sites (tertiary alicyclic amines) is 1. The third-order valence-electron chi connectivity index (χ3n) is 5.37. The van der Waals surface area contributed by atoms with Crippen molar-refractivity contribution in [1.29, 1.82) is 0 Å². The first-order chi connectivity index (χ1) is 13.2. The molecular formula is C21H24N4O2. The summed E-state index contributed by atoms with van der Waals surface area (Å²) in [6.07, 6.45) is 2.31. The fraction of sp³-hybridized carbons (Fsp3) is 0.333. The Balaban J connectivity index is 1.49. The number of anilines is 3. The first-order valence-corrected chi connectivity index (χ1v) is 9.49. The van der Waals surface area contributed by atoms with Gasteiger partial charge in [0.05, 0.1) is 22.6 Å². The minimum atomic E-state index is -0.182. The monoisotopic (exact) mass is 364 g/mol. The number of rotatable bonds is 4. The molecule has 2 aliphatic heterocycles. The molecule has 6 nitrogen and oxygen atoms in total. The zero-order chi connectivity index (χ0) is 18.8. The summed E-state index contributed by atoms with van der Waals surface area (Å²) < 4.78 is 0. The summed E-state index contributed by atoms with van der Waals surface area (Å²) in [6, 6.07) is 13.1. The third-order valence-corrected chi connectivity index (χ3v) is 5.37. The second-order valence-corrected chi connectivity index (χ2v) is 7.02. The fourth-order valence-corrected chi connectivity index (χ4v) is 3.88. The van der Waals surface area contributed by atoms with Gasteiger partial charge in [0.1, 0.15) is 0 Å². The molecule has 2 heterocycles. The molecule has 1 saturated heterocycles. The first-order valence-electron chi connectivity index (χ1n) is 9.49. The van der Waals surface area contributed by atoms with Crippen LogP contribution in [0.2, 0.25) is 0 Å². The second-order valence-electron chi connectivity index (χ2n) is 7.02. The van der Waals surface area contributed by atoms with Gasteiger partial charge in [0.2, 0.25) is 0 Å². The van der Waals surface area contributed by atoms with E-state index in [2.05, 4.69) is 27.8 Å². The number of carbonyl (C=O) groups is 2. The van der Waals surface area contributed by atoms with E-state index in [4.69, 9.17) is 0 Å². The molecule has 1 atom stereocenters. The van der Waals surface area contributed by atoms with Crippen molar-refractivity contribution in [2.45, 2.75) is 25.8 Å². The SMILES string of the molecule is CCN1CCC[C@H]1CNC(=O)c1ccc2c(c1)NC(=O)c1ccccc1N2. The lowest BCUT2D eigenvalue weighted by Gasteiger charge is -2.23. The maximum absolute atomic E-state index is 12.6. The largest absolute Gasteiger partial charge is 0.353 e. The van der Waals surface area contributed by atoms with Gasteiger partial charge in [0.25, 0.3) is 11.8 Å². The smallest absolute Gasteiger partial charge is 0.257 e. The van der Waals surface area contributed by atoms with E-state index in [-0.39, 0.29) is 11.8 Å². The van der Waals surface area contributed by atoms with Gasteiger partial charge in [-0.1, -0.05) is 19.1 Å². The van der Waals surface area contributed by atoms with E-state index in [0.717, 1.165) is 30.9 Å². The minimum absolute atomic E-state index is 0.114. The highest BCUT2D eigenvalue weighted by molar-refractivity contribution is 6.12. The number of carbonyl (C=O) groups excluding carboxylic acids is 2. The summed E-state index contributed by atoms with van der Waals surface area (Å²) in [7, 11) is 0. The number of fused-ring (bicyclic) bond motifs is 2. The topological polar surface area (TPSA) is 73.5 Å². The molecule has 0 aliphatic carbocycles. The number of nitrogens with zero attached hydrogens (tertiary/aromatic N) is 1. The van der Waals surface area contributed by atoms with Crippen LogP contribution in [0.5, 0.6) is 0 Å². The molecule has 2 aliphatic rings. The highest BCUT2D eigenvalue weighted by Gasteiger charge is 2.24. The molecule has 140 valence electrons. The molecule has 2 amide bonds. The highest BCUT2D eigenvalue weighted by Crippen LogP contribution is 2.32. The predicted molar refractivity (Wildman–Crippen MR) is 107 cm³/mol. The molecule has 1 fully saturated rings. The molecule has 6 heteroatoms. The van der Waals surface area contributed by atoms with Gasteiger partial charge in [-0.15, -0.1) is 0 Å². The van der Waals surface area contributed by atoms with Gasteiger partial charge < -0.3 is 16.0 Å². The zero-order valence-electron chi connectivity index (χ0n) is 15.4. The van der Waals surface area contributed by atoms with Crippen molar-refractivity contribution in [3.05, 3.63) is 53.6 Å². The Morgan fingerprint density at radius 1 is 1.15 bits per heavy atom. The summed E-state index contributed by atoms with van der Waals surface area (Å²) in [5, 5.41) is 9.21. The van der Waals surface area contributed by atoms with Gasteiger partial charge in [-0.2, -0.15) is 0 Å². The number of amides is 2. The van der Waals surface area contributed by atoms with E-state index in [9.17, 15) is 9.59 Å². The Kier molecular flexibility index (Phi) is 4.81. The number of nitrogens with one attached hydrogen (secondary N) is 3. The minimum Gasteiger partial charge on any atom is -0.353 e. The van der Waals surface area contributed by atoms with Gasteiger partial charge in [0, 0.05) is 18.2 Å². The van der Waals surface area contributed by atoms with Crippen LogP contribution in [0.15, 0.2) is 42.5 Å². The van der Waals surface area contributed by atoms with Gasteiger partial charge in [-0.3, -0.25) is 14.5 Å². The first kappa shape index (κ1) is 17.5. The molecule has 0 aromatic heterocycles. The number of likely N-dealkylation sites (N-methyl/N-ethyl adjacent to an activating group) is 1. The summed E-state index contributed by atoms with van der Waals surface area (Å²) in [5.41, 5.74) is 3.27. The van der Waals surface area contributed by atoms with Crippen LogP contribution in [0.3, 0.4) is 0 Å². The second kappa shape index (κ2) is 7.40. The van der Waals surface area contributed by atoms with Crippen molar-refractivity contribution in [2.75, 3.05) is 30.3 Å². The van der Waals surface area contributed by atoms with Gasteiger partial charge in [-0.25, -0.2) is 0 Å². The lowest BCUT2D eigenvalue weighted by molar-refractivity contribution is 0.0940. The van der Waals surface area contributed by atoms with Crippen LogP contribution >= 0.6 is 0 Å². The lowest BCUT2D eigenvalue weighted by Crippen LogP contribution is -2.40. The number of hydrogen-bond acceptors (Lipinski definition) is 4. The van der Waals surface area contributed by atoms with Crippen LogP contribution in [0.1, 0.15) is 40.5 Å². The number of benzene rings is 2. The van der Waals surface area contributed by atoms with Crippen molar-refractivity contribution < 1.29 is 9.59 Å². The lowest BCUT2D eigenvalue weighted by atomic mass is 10.1. The van der Waals surface area contributed by atoms with Crippen LogP contribution in [0.4, 0.5) is 17.1 Å². The fourth-order valence-electron chi connectivity index (χ4n) is 3.88. The van der Waals surface area contributed by atoms with E-state index in [1.807, 2.05) is 24.3 Å². The summed E-state index contributed by atoms with van der Waals surface area (Å²) >= 11 is 0. The van der Waals surface area contributed by atoms with E-state index in [1.54, 1.807) is 18.2 Å². The van der Waals surface area contributed by atoms with Crippen LogP contribution in [0, 0.1) is 0 Å². The van der Waals surface area contributed by atoms with Gasteiger partial charge in [-0.05, 0) is 56.3 Å². The average molecular weight is 364 g/mol. The average Bonchev–Trinajstić information content (AvgIpc) is 3.09. The van der Waals surface area contributed by atoms with E-state index in [1.165, 1.54) is 6.42 Å². The Morgan fingerprint density at radius 2 is 2.00 bits per heavy atom. The van der Waals surface area contributed by atoms with E-state index >= 15 is 0 Å². The Hall–Kier alpha value is -2.86. The van der Waals surface area contributed by atoms with Crippen molar-refractivity contribution in [3.8, 4) is 0 Å². The van der Waals surface area contributed by atoms with E-state index in [0.29, 0.717) is 29.4 Å². The summed E-state index contributed by atoms with van der Waals surface area (Å²) in [5.74, 6) is -0.296. The molecule has 0 radical (unpaired) electrons. The van der Waals surface area contributed by atoms with Crippen LogP contribution in [0.25, 0.3) is 0 Å². The maximum Gasteiger partial charge on any atom is 0.257 e. The Labute approximate surface area is 158 Å². The zero-order valence-corrected chi connectivity index (χ0v) is 15.4. The molecule has 0 bridgehead atoms. The molecule has 0 saturated carbocycles. The predicted octanol–water partition coefficient (Wildman–Crippen LogP) is 3.21. The van der Waals surface area contributed by atoms with Crippen molar-refractivity contribution >= 4 is 28.9 Å². The summed E-state index contributed by atoms with van der Waals surface area (Å²) in [6.45, 7) is 4.92.